The third kappa shape index (κ3) is 4.88. The summed E-state index contributed by atoms with van der Waals surface area (Å²) < 4.78 is 5.46. The molecule has 3 N–H and O–H groups in total. The summed E-state index contributed by atoms with van der Waals surface area (Å²) in [5, 5.41) is 5.83. The average molecular weight is 362 g/mol. The highest BCUT2D eigenvalue weighted by molar-refractivity contribution is 7.99. The SMILES string of the molecule is CCOc1ccc2nc(SCC(=O)NC(=O)NC3CCCC3)[nH]c2c1. The molecule has 0 radical (unpaired) electrons. The van der Waals surface area contributed by atoms with E-state index in [-0.39, 0.29) is 17.7 Å². The van der Waals surface area contributed by atoms with E-state index >= 15 is 0 Å². The molecule has 1 heterocycles. The number of aromatic amines is 1. The largest absolute Gasteiger partial charge is 0.494 e. The molecule has 1 aromatic carbocycles. The lowest BCUT2D eigenvalue weighted by atomic mass is 10.2. The number of fused-ring (bicyclic) bond motifs is 1. The predicted molar refractivity (Wildman–Crippen MR) is 96.9 cm³/mol. The van der Waals surface area contributed by atoms with Crippen LogP contribution in [0.5, 0.6) is 5.75 Å². The minimum atomic E-state index is -0.413. The van der Waals surface area contributed by atoms with Crippen molar-refractivity contribution in [1.82, 2.24) is 20.6 Å². The van der Waals surface area contributed by atoms with Gasteiger partial charge in [-0.15, -0.1) is 0 Å². The van der Waals surface area contributed by atoms with E-state index in [1.54, 1.807) is 0 Å². The number of carbonyl (C=O) groups excluding carboxylic acids is 2. The van der Waals surface area contributed by atoms with Crippen LogP contribution in [0.15, 0.2) is 23.4 Å². The highest BCUT2D eigenvalue weighted by Gasteiger charge is 2.18. The van der Waals surface area contributed by atoms with Crippen LogP contribution in [0.2, 0.25) is 0 Å². The van der Waals surface area contributed by atoms with Crippen LogP contribution in [0.3, 0.4) is 0 Å². The van der Waals surface area contributed by atoms with Gasteiger partial charge in [0.15, 0.2) is 5.16 Å². The van der Waals surface area contributed by atoms with Crippen LogP contribution in [0.4, 0.5) is 4.79 Å². The summed E-state index contributed by atoms with van der Waals surface area (Å²) in [6, 6.07) is 5.39. The number of hydrogen-bond donors (Lipinski definition) is 3. The maximum absolute atomic E-state index is 11.9. The van der Waals surface area contributed by atoms with Crippen LogP contribution in [0.1, 0.15) is 32.6 Å². The molecule has 0 spiro atoms. The molecule has 0 unspecified atom stereocenters. The highest BCUT2D eigenvalue weighted by Crippen LogP contribution is 2.23. The number of carbonyl (C=O) groups is 2. The zero-order valence-electron chi connectivity index (χ0n) is 14.1. The number of H-pyrrole nitrogens is 1. The van der Waals surface area contributed by atoms with Crippen molar-refractivity contribution in [2.24, 2.45) is 0 Å². The van der Waals surface area contributed by atoms with E-state index < -0.39 is 6.03 Å². The van der Waals surface area contributed by atoms with Gasteiger partial charge in [0.05, 0.1) is 23.4 Å². The van der Waals surface area contributed by atoms with E-state index in [9.17, 15) is 9.59 Å². The summed E-state index contributed by atoms with van der Waals surface area (Å²) in [5.74, 6) is 0.559. The number of ether oxygens (including phenoxy) is 1. The number of benzene rings is 1. The molecule has 25 heavy (non-hydrogen) atoms. The lowest BCUT2D eigenvalue weighted by molar-refractivity contribution is -0.117. The second kappa shape index (κ2) is 8.24. The maximum atomic E-state index is 11.9. The van der Waals surface area contributed by atoms with Crippen LogP contribution in [-0.4, -0.2) is 40.3 Å². The molecular weight excluding hydrogens is 340 g/mol. The van der Waals surface area contributed by atoms with Crippen molar-refractivity contribution in [3.05, 3.63) is 18.2 Å². The second-order valence-electron chi connectivity index (χ2n) is 5.95. The van der Waals surface area contributed by atoms with E-state index in [1.165, 1.54) is 11.8 Å². The zero-order valence-corrected chi connectivity index (χ0v) is 14.9. The maximum Gasteiger partial charge on any atom is 0.321 e. The predicted octanol–water partition coefficient (Wildman–Crippen LogP) is 2.82. The first-order chi connectivity index (χ1) is 12.1. The molecule has 3 rings (SSSR count). The van der Waals surface area contributed by atoms with Crippen LogP contribution in [0, 0.1) is 0 Å². The van der Waals surface area contributed by atoms with Gasteiger partial charge in [-0.05, 0) is 31.9 Å². The van der Waals surface area contributed by atoms with Crippen molar-refractivity contribution in [2.45, 2.75) is 43.8 Å². The summed E-state index contributed by atoms with van der Waals surface area (Å²) in [7, 11) is 0. The minimum Gasteiger partial charge on any atom is -0.494 e. The second-order valence-corrected chi connectivity index (χ2v) is 6.91. The van der Waals surface area contributed by atoms with Gasteiger partial charge in [0.2, 0.25) is 5.91 Å². The fourth-order valence-corrected chi connectivity index (χ4v) is 3.56. The van der Waals surface area contributed by atoms with Gasteiger partial charge in [0.1, 0.15) is 5.75 Å². The highest BCUT2D eigenvalue weighted by atomic mass is 32.2. The Kier molecular flexibility index (Phi) is 5.80. The molecule has 1 fully saturated rings. The molecule has 0 aliphatic heterocycles. The van der Waals surface area contributed by atoms with E-state index in [2.05, 4.69) is 20.6 Å². The first kappa shape index (κ1) is 17.6. The molecule has 1 aliphatic rings. The van der Waals surface area contributed by atoms with Crippen molar-refractivity contribution in [3.8, 4) is 5.75 Å². The first-order valence-electron chi connectivity index (χ1n) is 8.49. The van der Waals surface area contributed by atoms with Crippen molar-refractivity contribution in [2.75, 3.05) is 12.4 Å². The molecule has 0 bridgehead atoms. The summed E-state index contributed by atoms with van der Waals surface area (Å²) in [5.41, 5.74) is 1.66. The third-order valence-electron chi connectivity index (χ3n) is 4.03. The number of thioether (sulfide) groups is 1. The number of imide groups is 1. The number of imidazole rings is 1. The van der Waals surface area contributed by atoms with Gasteiger partial charge in [0, 0.05) is 12.1 Å². The van der Waals surface area contributed by atoms with Crippen LogP contribution in [-0.2, 0) is 4.79 Å². The molecule has 7 nitrogen and oxygen atoms in total. The van der Waals surface area contributed by atoms with E-state index in [1.807, 2.05) is 25.1 Å². The van der Waals surface area contributed by atoms with Gasteiger partial charge >= 0.3 is 6.03 Å². The summed E-state index contributed by atoms with van der Waals surface area (Å²) in [4.78, 5) is 31.2. The molecule has 134 valence electrons. The number of hydrogen-bond acceptors (Lipinski definition) is 5. The Morgan fingerprint density at radius 3 is 2.92 bits per heavy atom. The number of rotatable bonds is 6. The molecule has 8 heteroatoms. The molecular formula is C17H22N4O3S. The summed E-state index contributed by atoms with van der Waals surface area (Å²) >= 11 is 1.26. The van der Waals surface area contributed by atoms with Crippen LogP contribution < -0.4 is 15.4 Å². The Bertz CT molecular complexity index is 755. The van der Waals surface area contributed by atoms with Gasteiger partial charge < -0.3 is 15.0 Å². The van der Waals surface area contributed by atoms with Crippen molar-refractivity contribution in [1.29, 1.82) is 0 Å². The van der Waals surface area contributed by atoms with E-state index in [0.717, 1.165) is 42.5 Å². The van der Waals surface area contributed by atoms with E-state index in [0.29, 0.717) is 11.8 Å². The van der Waals surface area contributed by atoms with Crippen molar-refractivity contribution in [3.63, 3.8) is 0 Å². The quantitative estimate of drug-likeness (QED) is 0.687. The fraction of sp³-hybridized carbons (Fsp3) is 0.471. The number of aromatic nitrogens is 2. The smallest absolute Gasteiger partial charge is 0.321 e. The Morgan fingerprint density at radius 1 is 1.36 bits per heavy atom. The Morgan fingerprint density at radius 2 is 2.16 bits per heavy atom. The van der Waals surface area contributed by atoms with Gasteiger partial charge in [-0.3, -0.25) is 10.1 Å². The third-order valence-corrected chi connectivity index (χ3v) is 4.90. The van der Waals surface area contributed by atoms with Gasteiger partial charge in [-0.25, -0.2) is 9.78 Å². The van der Waals surface area contributed by atoms with Crippen LogP contribution in [0.25, 0.3) is 11.0 Å². The Hall–Kier alpha value is -2.22. The van der Waals surface area contributed by atoms with Crippen molar-refractivity contribution >= 4 is 34.7 Å². The average Bonchev–Trinajstić information content (AvgIpc) is 3.21. The minimum absolute atomic E-state index is 0.121. The normalized spacial score (nSPS) is 14.6. The Balaban J connectivity index is 1.49. The first-order valence-corrected chi connectivity index (χ1v) is 9.48. The number of nitrogens with one attached hydrogen (secondary N) is 3. The summed E-state index contributed by atoms with van der Waals surface area (Å²) in [6.07, 6.45) is 4.23. The zero-order chi connectivity index (χ0) is 17.6. The van der Waals surface area contributed by atoms with Crippen molar-refractivity contribution < 1.29 is 14.3 Å². The summed E-state index contributed by atoms with van der Waals surface area (Å²) in [6.45, 7) is 2.53. The molecule has 0 saturated heterocycles. The van der Waals surface area contributed by atoms with E-state index in [4.69, 9.17) is 4.74 Å². The fourth-order valence-electron chi connectivity index (χ4n) is 2.88. The molecule has 1 aromatic heterocycles. The number of amides is 3. The monoisotopic (exact) mass is 362 g/mol. The van der Waals surface area contributed by atoms with Gasteiger partial charge in [-0.2, -0.15) is 0 Å². The molecule has 0 atom stereocenters. The van der Waals surface area contributed by atoms with Gasteiger partial charge in [0.25, 0.3) is 0 Å². The molecule has 2 aromatic rings. The standard InChI is InChI=1S/C17H22N4O3S/c1-2-24-12-7-8-13-14(9-12)20-17(19-13)25-10-15(22)21-16(23)18-11-5-3-4-6-11/h7-9,11H,2-6,10H2,1H3,(H,19,20)(H2,18,21,22,23). The lowest BCUT2D eigenvalue weighted by Gasteiger charge is -2.11. The Labute approximate surface area is 150 Å². The number of urea groups is 1. The van der Waals surface area contributed by atoms with Crippen LogP contribution >= 0.6 is 11.8 Å². The number of nitrogens with zero attached hydrogens (tertiary/aromatic N) is 1. The molecule has 1 saturated carbocycles. The molecule has 3 amide bonds. The topological polar surface area (TPSA) is 96.1 Å². The molecule has 1 aliphatic carbocycles. The van der Waals surface area contributed by atoms with Gasteiger partial charge in [-0.1, -0.05) is 24.6 Å². The lowest BCUT2D eigenvalue weighted by Crippen LogP contribution is -2.44.